The van der Waals surface area contributed by atoms with Crippen molar-refractivity contribution in [2.45, 2.75) is 91.5 Å². The summed E-state index contributed by atoms with van der Waals surface area (Å²) in [5.41, 5.74) is 0.877. The zero-order chi connectivity index (χ0) is 20.3. The van der Waals surface area contributed by atoms with Crippen molar-refractivity contribution in [3.63, 3.8) is 0 Å². The summed E-state index contributed by atoms with van der Waals surface area (Å²) in [6.07, 6.45) is 8.99. The molecule has 4 bridgehead atoms. The third-order valence-corrected chi connectivity index (χ3v) is 11.6. The molecule has 6 saturated carbocycles. The average molecular weight is 405 g/mol. The van der Waals surface area contributed by atoms with Crippen LogP contribution in [0.15, 0.2) is 0 Å². The molecule has 0 saturated heterocycles. The van der Waals surface area contributed by atoms with Crippen molar-refractivity contribution in [3.05, 3.63) is 0 Å². The van der Waals surface area contributed by atoms with E-state index in [0.29, 0.717) is 22.9 Å². The van der Waals surface area contributed by atoms with Gasteiger partial charge in [-0.1, -0.05) is 20.3 Å². The molecule has 6 aliphatic carbocycles. The third kappa shape index (κ3) is 2.23. The second-order valence-corrected chi connectivity index (χ2v) is 17.4. The van der Waals surface area contributed by atoms with Gasteiger partial charge in [-0.15, -0.1) is 0 Å². The molecule has 0 radical (unpaired) electrons. The lowest BCUT2D eigenvalue weighted by Gasteiger charge is -2.67. The lowest BCUT2D eigenvalue weighted by molar-refractivity contribution is -0.216. The van der Waals surface area contributed by atoms with Crippen LogP contribution in [0.4, 0.5) is 0 Å². The fraction of sp³-hybridized carbons (Fsp3) is 0.958. The molecule has 6 rings (SSSR count). The molecule has 6 aliphatic rings. The first-order valence-corrected chi connectivity index (χ1v) is 15.1. The van der Waals surface area contributed by atoms with Gasteiger partial charge in [-0.3, -0.25) is 4.79 Å². The van der Waals surface area contributed by atoms with Gasteiger partial charge in [-0.25, -0.2) is 0 Å². The molecule has 3 nitrogen and oxygen atoms in total. The van der Waals surface area contributed by atoms with Crippen molar-refractivity contribution in [2.75, 3.05) is 7.11 Å². The predicted molar refractivity (Wildman–Crippen MR) is 113 cm³/mol. The Morgan fingerprint density at radius 2 is 1.68 bits per heavy atom. The first-order chi connectivity index (χ1) is 12.9. The Hall–Kier alpha value is -0.353. The van der Waals surface area contributed by atoms with Gasteiger partial charge in [0.15, 0.2) is 8.32 Å². The van der Waals surface area contributed by atoms with Crippen LogP contribution in [-0.2, 0) is 14.0 Å². The minimum Gasteiger partial charge on any atom is -0.469 e. The lowest BCUT2D eigenvalue weighted by atomic mass is 9.39. The molecule has 4 heteroatoms. The van der Waals surface area contributed by atoms with Crippen LogP contribution >= 0.6 is 0 Å². The molecule has 3 unspecified atom stereocenters. The predicted octanol–water partition coefficient (Wildman–Crippen LogP) is 5.65. The van der Waals surface area contributed by atoms with Crippen LogP contribution < -0.4 is 0 Å². The molecule has 1 spiro atoms. The quantitative estimate of drug-likeness (QED) is 0.450. The van der Waals surface area contributed by atoms with Crippen molar-refractivity contribution in [1.82, 2.24) is 0 Å². The van der Waals surface area contributed by atoms with Gasteiger partial charge in [0.2, 0.25) is 0 Å². The summed E-state index contributed by atoms with van der Waals surface area (Å²) >= 11 is 0. The van der Waals surface area contributed by atoms with Gasteiger partial charge in [0.1, 0.15) is 0 Å². The van der Waals surface area contributed by atoms with Gasteiger partial charge in [-0.2, -0.15) is 0 Å². The molecule has 0 heterocycles. The minimum atomic E-state index is -1.66. The largest absolute Gasteiger partial charge is 0.469 e. The Morgan fingerprint density at radius 1 is 0.964 bits per heavy atom. The molecule has 0 amide bonds. The number of hydrogen-bond acceptors (Lipinski definition) is 3. The first-order valence-electron chi connectivity index (χ1n) is 11.7. The number of methoxy groups -OCH3 is 1. The molecule has 0 N–H and O–H groups in total. The smallest absolute Gasteiger partial charge is 0.311 e. The maximum atomic E-state index is 13.0. The van der Waals surface area contributed by atoms with Crippen LogP contribution in [-0.4, -0.2) is 27.5 Å². The molecular weight excluding hydrogens is 364 g/mol. The molecule has 0 aromatic rings. The van der Waals surface area contributed by atoms with Gasteiger partial charge < -0.3 is 9.16 Å². The Bertz CT molecular complexity index is 715. The molecule has 0 aromatic heterocycles. The molecule has 0 aromatic carbocycles. The summed E-state index contributed by atoms with van der Waals surface area (Å²) in [4.78, 5) is 13.0. The Kier molecular flexibility index (Phi) is 3.82. The van der Waals surface area contributed by atoms with E-state index >= 15 is 0 Å². The summed E-state index contributed by atoms with van der Waals surface area (Å²) < 4.78 is 12.4. The summed E-state index contributed by atoms with van der Waals surface area (Å²) in [5, 5.41) is 0. The molecule has 0 aliphatic heterocycles. The zero-order valence-electron chi connectivity index (χ0n) is 19.1. The van der Waals surface area contributed by atoms with Crippen molar-refractivity contribution in [2.24, 2.45) is 45.3 Å². The highest BCUT2D eigenvalue weighted by Gasteiger charge is 2.80. The Morgan fingerprint density at radius 3 is 2.25 bits per heavy atom. The minimum absolute atomic E-state index is 0.0182. The topological polar surface area (TPSA) is 35.5 Å². The van der Waals surface area contributed by atoms with E-state index in [1.165, 1.54) is 25.7 Å². The van der Waals surface area contributed by atoms with Crippen LogP contribution in [0, 0.1) is 45.3 Å². The SMILES string of the molecule is COC(=O)[C@]1(C)CCC[C@@]2(C)C3C[C@@H]4C5C[C@]3(C[C@@]54C)[C@H](O[Si](C)(C)C)CC21. The summed E-state index contributed by atoms with van der Waals surface area (Å²) in [6, 6.07) is 0. The van der Waals surface area contributed by atoms with E-state index < -0.39 is 8.32 Å². The Labute approximate surface area is 172 Å². The molecule has 158 valence electrons. The van der Waals surface area contributed by atoms with Crippen LogP contribution in [0.3, 0.4) is 0 Å². The molecule has 9 atom stereocenters. The molecular formula is C24H40O3Si. The molecule has 6 fully saturated rings. The van der Waals surface area contributed by atoms with Crippen LogP contribution in [0.1, 0.15) is 65.7 Å². The highest BCUT2D eigenvalue weighted by molar-refractivity contribution is 6.69. The van der Waals surface area contributed by atoms with Crippen molar-refractivity contribution in [1.29, 1.82) is 0 Å². The van der Waals surface area contributed by atoms with Gasteiger partial charge in [0.05, 0.1) is 18.6 Å². The van der Waals surface area contributed by atoms with Crippen molar-refractivity contribution >= 4 is 14.3 Å². The normalized spacial score (nSPS) is 56.6. The van der Waals surface area contributed by atoms with Gasteiger partial charge in [0, 0.05) is 0 Å². The van der Waals surface area contributed by atoms with Crippen molar-refractivity contribution < 1.29 is 14.0 Å². The average Bonchev–Trinajstić information content (AvgIpc) is 3.05. The van der Waals surface area contributed by atoms with Crippen LogP contribution in [0.25, 0.3) is 0 Å². The lowest BCUT2D eigenvalue weighted by Crippen LogP contribution is -2.65. The number of rotatable bonds is 3. The standard InChI is InChI=1S/C24H40O3Si/c1-21-9-8-10-22(2,20(25)26-4)17(21)12-19(27-28(5,6)7)24-13-16-15(11-18(21)24)23(16,3)14-24/h15-19H,8-14H2,1-7H3/t15-,16?,17?,18?,19-,21-,22-,23-,24-/m1/s1. The number of fused-ring (bicyclic) bond motifs is 1. The molecule has 28 heavy (non-hydrogen) atoms. The van der Waals surface area contributed by atoms with Gasteiger partial charge in [-0.05, 0) is 105 Å². The van der Waals surface area contributed by atoms with Crippen molar-refractivity contribution in [3.8, 4) is 0 Å². The fourth-order valence-corrected chi connectivity index (χ4v) is 10.7. The fourth-order valence-electron chi connectivity index (χ4n) is 9.55. The summed E-state index contributed by atoms with van der Waals surface area (Å²) in [5.74, 6) is 3.02. The van der Waals surface area contributed by atoms with E-state index in [1.807, 2.05) is 0 Å². The highest BCUT2D eigenvalue weighted by atomic mass is 28.4. The van der Waals surface area contributed by atoms with E-state index in [-0.39, 0.29) is 16.8 Å². The summed E-state index contributed by atoms with van der Waals surface area (Å²) in [7, 11) is -0.0848. The van der Waals surface area contributed by atoms with E-state index in [2.05, 4.69) is 40.4 Å². The van der Waals surface area contributed by atoms with E-state index in [9.17, 15) is 4.79 Å². The van der Waals surface area contributed by atoms with E-state index in [4.69, 9.17) is 9.16 Å². The number of carbonyl (C=O) groups is 1. The van der Waals surface area contributed by atoms with Crippen LogP contribution in [0.2, 0.25) is 19.6 Å². The van der Waals surface area contributed by atoms with Crippen LogP contribution in [0.5, 0.6) is 0 Å². The first kappa shape index (κ1) is 19.6. The number of esters is 1. The second kappa shape index (κ2) is 5.46. The van der Waals surface area contributed by atoms with E-state index in [0.717, 1.165) is 37.0 Å². The second-order valence-electron chi connectivity index (χ2n) is 12.9. The maximum Gasteiger partial charge on any atom is 0.311 e. The Balaban J connectivity index is 1.59. The van der Waals surface area contributed by atoms with E-state index in [1.54, 1.807) is 7.11 Å². The third-order valence-electron chi connectivity index (χ3n) is 10.6. The zero-order valence-corrected chi connectivity index (χ0v) is 20.1. The number of hydrogen-bond donors (Lipinski definition) is 0. The maximum absolute atomic E-state index is 13.0. The monoisotopic (exact) mass is 404 g/mol. The van der Waals surface area contributed by atoms with Gasteiger partial charge in [0.25, 0.3) is 0 Å². The highest BCUT2D eigenvalue weighted by Crippen LogP contribution is 2.86. The number of carbonyl (C=O) groups excluding carboxylic acids is 1. The summed E-state index contributed by atoms with van der Waals surface area (Å²) in [6.45, 7) is 14.3. The number of ether oxygens (including phenoxy) is 1. The van der Waals surface area contributed by atoms with Gasteiger partial charge >= 0.3 is 5.97 Å².